The van der Waals surface area contributed by atoms with Crippen LogP contribution < -0.4 is 5.73 Å². The van der Waals surface area contributed by atoms with Gasteiger partial charge >= 0.3 is 5.97 Å². The quantitative estimate of drug-likeness (QED) is 0.748. The van der Waals surface area contributed by atoms with Crippen molar-refractivity contribution in [1.29, 1.82) is 0 Å². The zero-order valence-electron chi connectivity index (χ0n) is 10.9. The van der Waals surface area contributed by atoms with E-state index in [1.807, 2.05) is 13.8 Å². The minimum Gasteiger partial charge on any atom is -0.476 e. The highest BCUT2D eigenvalue weighted by molar-refractivity contribution is 5.84. The molecular formula is C11H17N5O3. The maximum Gasteiger partial charge on any atom is 0.358 e. The Bertz CT molecular complexity index is 492. The molecule has 0 spiro atoms. The molecule has 8 nitrogen and oxygen atoms in total. The standard InChI is InChI=1S/C11H17N5O3/c1-6(2)9(12)10(17)15-3-7(4-15)16-5-8(11(18)19)13-14-16/h5-7,9H,3-4,12H2,1-2H3,(H,18,19)/t9-/m0/s1. The SMILES string of the molecule is CC(C)[C@H](N)C(=O)N1CC(n2cc(C(=O)O)nn2)C1. The first kappa shape index (κ1) is 13.5. The molecule has 0 bridgehead atoms. The van der Waals surface area contributed by atoms with Gasteiger partial charge in [-0.2, -0.15) is 0 Å². The van der Waals surface area contributed by atoms with E-state index in [0.717, 1.165) is 0 Å². The Hall–Kier alpha value is -1.96. The third-order valence-corrected chi connectivity index (χ3v) is 3.28. The van der Waals surface area contributed by atoms with E-state index in [0.29, 0.717) is 13.1 Å². The topological polar surface area (TPSA) is 114 Å². The summed E-state index contributed by atoms with van der Waals surface area (Å²) in [4.78, 5) is 24.3. The molecule has 2 rings (SSSR count). The Labute approximate surface area is 110 Å². The largest absolute Gasteiger partial charge is 0.476 e. The lowest BCUT2D eigenvalue weighted by Gasteiger charge is -2.40. The van der Waals surface area contributed by atoms with E-state index < -0.39 is 12.0 Å². The van der Waals surface area contributed by atoms with Crippen molar-refractivity contribution in [2.24, 2.45) is 11.7 Å². The Morgan fingerprint density at radius 3 is 2.58 bits per heavy atom. The van der Waals surface area contributed by atoms with Crippen molar-refractivity contribution >= 4 is 11.9 Å². The van der Waals surface area contributed by atoms with Crippen LogP contribution in [0, 0.1) is 5.92 Å². The van der Waals surface area contributed by atoms with Crippen LogP contribution in [0.15, 0.2) is 6.20 Å². The van der Waals surface area contributed by atoms with E-state index in [1.165, 1.54) is 10.9 Å². The molecule has 3 N–H and O–H groups in total. The van der Waals surface area contributed by atoms with E-state index in [4.69, 9.17) is 10.8 Å². The fourth-order valence-electron chi connectivity index (χ4n) is 1.85. The van der Waals surface area contributed by atoms with Crippen molar-refractivity contribution in [3.05, 3.63) is 11.9 Å². The van der Waals surface area contributed by atoms with E-state index in [-0.39, 0.29) is 23.6 Å². The molecule has 0 aromatic carbocycles. The number of nitrogens with zero attached hydrogens (tertiary/aromatic N) is 4. The third-order valence-electron chi connectivity index (χ3n) is 3.28. The van der Waals surface area contributed by atoms with Gasteiger partial charge < -0.3 is 15.7 Å². The summed E-state index contributed by atoms with van der Waals surface area (Å²) in [5.74, 6) is -1.10. The highest BCUT2D eigenvalue weighted by atomic mass is 16.4. The van der Waals surface area contributed by atoms with Crippen molar-refractivity contribution in [2.75, 3.05) is 13.1 Å². The van der Waals surface area contributed by atoms with E-state index in [1.54, 1.807) is 4.90 Å². The maximum atomic E-state index is 11.9. The average Bonchev–Trinajstić information content (AvgIpc) is 2.75. The lowest BCUT2D eigenvalue weighted by atomic mass is 10.0. The molecule has 1 aliphatic rings. The van der Waals surface area contributed by atoms with Crippen LogP contribution in [0.2, 0.25) is 0 Å². The van der Waals surface area contributed by atoms with Crippen molar-refractivity contribution < 1.29 is 14.7 Å². The zero-order chi connectivity index (χ0) is 14.2. The van der Waals surface area contributed by atoms with Crippen LogP contribution in [0.1, 0.15) is 30.4 Å². The van der Waals surface area contributed by atoms with Gasteiger partial charge in [-0.3, -0.25) is 4.79 Å². The molecule has 104 valence electrons. The van der Waals surface area contributed by atoms with Crippen molar-refractivity contribution in [2.45, 2.75) is 25.9 Å². The summed E-state index contributed by atoms with van der Waals surface area (Å²) in [6.07, 6.45) is 1.37. The van der Waals surface area contributed by atoms with E-state index in [9.17, 15) is 9.59 Å². The molecule has 1 saturated heterocycles. The predicted octanol–water partition coefficient (Wildman–Crippen LogP) is -0.657. The monoisotopic (exact) mass is 267 g/mol. The van der Waals surface area contributed by atoms with Crippen LogP contribution in [-0.4, -0.2) is 56.0 Å². The van der Waals surface area contributed by atoms with E-state index >= 15 is 0 Å². The van der Waals surface area contributed by atoms with Gasteiger partial charge in [0.2, 0.25) is 5.91 Å². The number of carboxylic acid groups (broad SMARTS) is 1. The van der Waals surface area contributed by atoms with Gasteiger partial charge in [-0.1, -0.05) is 19.1 Å². The molecular weight excluding hydrogens is 250 g/mol. The predicted molar refractivity (Wildman–Crippen MR) is 65.4 cm³/mol. The number of hydrogen-bond donors (Lipinski definition) is 2. The molecule has 1 aliphatic heterocycles. The van der Waals surface area contributed by atoms with Crippen molar-refractivity contribution in [3.63, 3.8) is 0 Å². The molecule has 1 amide bonds. The van der Waals surface area contributed by atoms with Gasteiger partial charge in [0.1, 0.15) is 0 Å². The molecule has 1 aromatic heterocycles. The zero-order valence-corrected chi connectivity index (χ0v) is 10.9. The van der Waals surface area contributed by atoms with Crippen LogP contribution in [0.3, 0.4) is 0 Å². The summed E-state index contributed by atoms with van der Waals surface area (Å²) < 4.78 is 1.48. The van der Waals surface area contributed by atoms with E-state index in [2.05, 4.69) is 10.3 Å². The molecule has 0 saturated carbocycles. The Morgan fingerprint density at radius 2 is 2.11 bits per heavy atom. The average molecular weight is 267 g/mol. The molecule has 1 atom stereocenters. The minimum absolute atomic E-state index is 0.0242. The molecule has 1 aromatic rings. The first-order valence-electron chi connectivity index (χ1n) is 6.09. The molecule has 8 heteroatoms. The second-order valence-corrected chi connectivity index (χ2v) is 5.06. The second kappa shape index (κ2) is 4.96. The molecule has 2 heterocycles. The van der Waals surface area contributed by atoms with Gasteiger partial charge in [0, 0.05) is 13.1 Å². The second-order valence-electron chi connectivity index (χ2n) is 5.06. The molecule has 1 fully saturated rings. The number of hydrogen-bond acceptors (Lipinski definition) is 5. The van der Waals surface area contributed by atoms with Gasteiger partial charge in [0.15, 0.2) is 5.69 Å². The van der Waals surface area contributed by atoms with Gasteiger partial charge in [0.25, 0.3) is 0 Å². The lowest BCUT2D eigenvalue weighted by molar-refractivity contribution is -0.139. The molecule has 19 heavy (non-hydrogen) atoms. The fraction of sp³-hybridized carbons (Fsp3) is 0.636. The minimum atomic E-state index is -1.11. The van der Waals surface area contributed by atoms with Gasteiger partial charge in [-0.25, -0.2) is 9.48 Å². The number of aromatic nitrogens is 3. The van der Waals surface area contributed by atoms with Crippen LogP contribution >= 0.6 is 0 Å². The smallest absolute Gasteiger partial charge is 0.358 e. The van der Waals surface area contributed by atoms with Crippen LogP contribution in [0.25, 0.3) is 0 Å². The first-order valence-corrected chi connectivity index (χ1v) is 6.09. The maximum absolute atomic E-state index is 11.9. The van der Waals surface area contributed by atoms with Crippen LogP contribution in [0.5, 0.6) is 0 Å². The van der Waals surface area contributed by atoms with Gasteiger partial charge in [-0.05, 0) is 5.92 Å². The highest BCUT2D eigenvalue weighted by Crippen LogP contribution is 2.21. The number of carboxylic acids is 1. The number of nitrogens with two attached hydrogens (primary N) is 1. The molecule has 0 unspecified atom stereocenters. The summed E-state index contributed by atoms with van der Waals surface area (Å²) in [5, 5.41) is 16.0. The van der Waals surface area contributed by atoms with Crippen molar-refractivity contribution in [3.8, 4) is 0 Å². The Balaban J connectivity index is 1.92. The Morgan fingerprint density at radius 1 is 1.47 bits per heavy atom. The third kappa shape index (κ3) is 2.58. The number of rotatable bonds is 4. The molecule has 0 radical (unpaired) electrons. The van der Waals surface area contributed by atoms with Crippen LogP contribution in [-0.2, 0) is 4.79 Å². The van der Waals surface area contributed by atoms with Gasteiger partial charge in [0.05, 0.1) is 18.3 Å². The van der Waals surface area contributed by atoms with Crippen LogP contribution in [0.4, 0.5) is 0 Å². The Kier molecular flexibility index (Phi) is 3.52. The summed E-state index contributed by atoms with van der Waals surface area (Å²) in [6.45, 7) is 4.77. The van der Waals surface area contributed by atoms with Gasteiger partial charge in [-0.15, -0.1) is 5.10 Å². The summed E-state index contributed by atoms with van der Waals surface area (Å²) in [6, 6.07) is -0.518. The number of likely N-dealkylation sites (tertiary alicyclic amines) is 1. The summed E-state index contributed by atoms with van der Waals surface area (Å²) in [5.41, 5.74) is 5.70. The number of carbonyl (C=O) groups is 2. The molecule has 0 aliphatic carbocycles. The van der Waals surface area contributed by atoms with Crippen molar-refractivity contribution in [1.82, 2.24) is 19.9 Å². The summed E-state index contributed by atoms with van der Waals surface area (Å²) >= 11 is 0. The first-order chi connectivity index (χ1) is 8.90. The number of aromatic carboxylic acids is 1. The summed E-state index contributed by atoms with van der Waals surface area (Å²) in [7, 11) is 0. The normalized spacial score (nSPS) is 17.4. The number of carbonyl (C=O) groups excluding carboxylic acids is 1. The fourth-order valence-corrected chi connectivity index (χ4v) is 1.85. The highest BCUT2D eigenvalue weighted by Gasteiger charge is 2.35. The number of amides is 1. The lowest BCUT2D eigenvalue weighted by Crippen LogP contribution is -2.56.